The Morgan fingerprint density at radius 1 is 1.07 bits per heavy atom. The predicted octanol–water partition coefficient (Wildman–Crippen LogP) is 4.68. The second-order valence-electron chi connectivity index (χ2n) is 6.66. The van der Waals surface area contributed by atoms with Crippen LogP contribution >= 0.6 is 11.3 Å². The van der Waals surface area contributed by atoms with Crippen molar-refractivity contribution in [1.29, 1.82) is 0 Å². The first-order valence-corrected chi connectivity index (χ1v) is 9.86. The first-order valence-electron chi connectivity index (χ1n) is 8.98. The van der Waals surface area contributed by atoms with E-state index in [0.29, 0.717) is 29.6 Å². The summed E-state index contributed by atoms with van der Waals surface area (Å²) in [6.45, 7) is 1.87. The zero-order valence-corrected chi connectivity index (χ0v) is 16.9. The van der Waals surface area contributed by atoms with Crippen molar-refractivity contribution in [3.8, 4) is 11.6 Å². The normalized spacial score (nSPS) is 12.2. The number of aromatic nitrogens is 6. The van der Waals surface area contributed by atoms with Crippen molar-refractivity contribution in [2.45, 2.75) is 19.6 Å². The Balaban J connectivity index is 1.73. The van der Waals surface area contributed by atoms with Crippen molar-refractivity contribution in [2.75, 3.05) is 0 Å². The molecule has 0 saturated carbocycles. The van der Waals surface area contributed by atoms with Crippen LogP contribution in [0.2, 0.25) is 0 Å². The van der Waals surface area contributed by atoms with Crippen LogP contribution in [0.5, 0.6) is 0 Å². The molecule has 0 bridgehead atoms. The molecule has 30 heavy (non-hydrogen) atoms. The van der Waals surface area contributed by atoms with E-state index in [-0.39, 0.29) is 5.56 Å². The van der Waals surface area contributed by atoms with Crippen LogP contribution in [0.1, 0.15) is 27.5 Å². The fraction of sp³-hybridized carbons (Fsp3) is 0.200. The minimum Gasteiger partial charge on any atom is -0.331 e. The topological polar surface area (TPSA) is 61.4 Å². The standard InChI is InChI=1S/C20H17F3N6S/c1-13-3-4-14(11-15(13)20(21,22)23)5-6-16-26-27-19(18-25-7-9-28(18)2)29(16)12-17-24-8-10-30-17/h3-11H,12H2,1-2H3/b6-5+. The Morgan fingerprint density at radius 2 is 1.90 bits per heavy atom. The molecular weight excluding hydrogens is 413 g/mol. The van der Waals surface area contributed by atoms with Gasteiger partial charge in [0.2, 0.25) is 5.82 Å². The minimum absolute atomic E-state index is 0.184. The summed E-state index contributed by atoms with van der Waals surface area (Å²) >= 11 is 1.50. The van der Waals surface area contributed by atoms with Gasteiger partial charge in [-0.05, 0) is 30.2 Å². The summed E-state index contributed by atoms with van der Waals surface area (Å²) in [4.78, 5) is 8.64. The molecule has 0 aliphatic carbocycles. The van der Waals surface area contributed by atoms with E-state index in [1.54, 1.807) is 36.8 Å². The number of imidazole rings is 1. The van der Waals surface area contributed by atoms with Gasteiger partial charge in [-0.2, -0.15) is 13.2 Å². The Kier molecular flexibility index (Phi) is 5.25. The largest absolute Gasteiger partial charge is 0.416 e. The summed E-state index contributed by atoms with van der Waals surface area (Å²) in [5, 5.41) is 11.2. The third-order valence-corrected chi connectivity index (χ3v) is 5.33. The minimum atomic E-state index is -4.40. The van der Waals surface area contributed by atoms with Gasteiger partial charge in [0.05, 0.1) is 12.1 Å². The van der Waals surface area contributed by atoms with Crippen LogP contribution in [0.3, 0.4) is 0 Å². The number of thiazole rings is 1. The summed E-state index contributed by atoms with van der Waals surface area (Å²) in [7, 11) is 1.85. The van der Waals surface area contributed by atoms with Crippen molar-refractivity contribution < 1.29 is 13.2 Å². The summed E-state index contributed by atoms with van der Waals surface area (Å²) in [5.74, 6) is 1.68. The highest BCUT2D eigenvalue weighted by atomic mass is 32.1. The number of hydrogen-bond acceptors (Lipinski definition) is 5. The number of rotatable bonds is 5. The summed E-state index contributed by atoms with van der Waals surface area (Å²) in [6.07, 6.45) is 4.03. The van der Waals surface area contributed by atoms with Gasteiger partial charge in [-0.25, -0.2) is 9.97 Å². The van der Waals surface area contributed by atoms with Crippen molar-refractivity contribution in [2.24, 2.45) is 7.05 Å². The van der Waals surface area contributed by atoms with Crippen LogP contribution in [-0.2, 0) is 19.8 Å². The van der Waals surface area contributed by atoms with Crippen LogP contribution in [0.4, 0.5) is 13.2 Å². The molecule has 0 fully saturated rings. The zero-order valence-electron chi connectivity index (χ0n) is 16.1. The van der Waals surface area contributed by atoms with Crippen molar-refractivity contribution in [3.63, 3.8) is 0 Å². The van der Waals surface area contributed by atoms with Crippen molar-refractivity contribution in [1.82, 2.24) is 29.3 Å². The summed E-state index contributed by atoms with van der Waals surface area (Å²) in [5.41, 5.74) is -0.0403. The molecular formula is C20H17F3N6S. The second kappa shape index (κ2) is 7.86. The molecule has 1 aromatic carbocycles. The number of halogens is 3. The lowest BCUT2D eigenvalue weighted by Gasteiger charge is -2.10. The Bertz CT molecular complexity index is 1190. The molecule has 10 heteroatoms. The lowest BCUT2D eigenvalue weighted by atomic mass is 10.0. The molecule has 0 unspecified atom stereocenters. The third-order valence-electron chi connectivity index (χ3n) is 4.57. The molecule has 0 N–H and O–H groups in total. The predicted molar refractivity (Wildman–Crippen MR) is 109 cm³/mol. The quantitative estimate of drug-likeness (QED) is 0.461. The van der Waals surface area contributed by atoms with Crippen LogP contribution < -0.4 is 0 Å². The molecule has 154 valence electrons. The number of benzene rings is 1. The van der Waals surface area contributed by atoms with Gasteiger partial charge >= 0.3 is 6.18 Å². The van der Waals surface area contributed by atoms with Gasteiger partial charge in [0, 0.05) is 31.0 Å². The summed E-state index contributed by atoms with van der Waals surface area (Å²) < 4.78 is 43.3. The number of hydrogen-bond donors (Lipinski definition) is 0. The lowest BCUT2D eigenvalue weighted by Crippen LogP contribution is -2.07. The van der Waals surface area contributed by atoms with Gasteiger partial charge in [-0.15, -0.1) is 21.5 Å². The molecule has 0 atom stereocenters. The highest BCUT2D eigenvalue weighted by Gasteiger charge is 2.32. The van der Waals surface area contributed by atoms with Gasteiger partial charge in [0.1, 0.15) is 5.01 Å². The van der Waals surface area contributed by atoms with E-state index >= 15 is 0 Å². The maximum absolute atomic E-state index is 13.2. The number of alkyl halides is 3. The average Bonchev–Trinajstić information content (AvgIpc) is 3.43. The first kappa shape index (κ1) is 20.0. The average molecular weight is 430 g/mol. The molecule has 0 amide bonds. The monoisotopic (exact) mass is 430 g/mol. The van der Waals surface area contributed by atoms with Gasteiger partial charge in [-0.3, -0.25) is 4.57 Å². The van der Waals surface area contributed by atoms with Gasteiger partial charge in [0.15, 0.2) is 11.6 Å². The van der Waals surface area contributed by atoms with Crippen LogP contribution in [-0.4, -0.2) is 29.3 Å². The molecule has 3 aromatic heterocycles. The molecule has 0 spiro atoms. The van der Waals surface area contributed by atoms with E-state index < -0.39 is 11.7 Å². The van der Waals surface area contributed by atoms with Crippen LogP contribution in [0.15, 0.2) is 42.2 Å². The van der Waals surface area contributed by atoms with E-state index in [1.807, 2.05) is 21.6 Å². The maximum Gasteiger partial charge on any atom is 0.416 e. The molecule has 6 nitrogen and oxygen atoms in total. The third kappa shape index (κ3) is 4.04. The van der Waals surface area contributed by atoms with Crippen LogP contribution in [0.25, 0.3) is 23.8 Å². The fourth-order valence-corrected chi connectivity index (χ4v) is 3.63. The van der Waals surface area contributed by atoms with E-state index in [9.17, 15) is 13.2 Å². The molecule has 0 aliphatic rings. The van der Waals surface area contributed by atoms with E-state index in [0.717, 1.165) is 11.1 Å². The second-order valence-corrected chi connectivity index (χ2v) is 7.64. The Morgan fingerprint density at radius 3 is 2.57 bits per heavy atom. The van der Waals surface area contributed by atoms with Crippen molar-refractivity contribution in [3.05, 3.63) is 69.7 Å². The van der Waals surface area contributed by atoms with Gasteiger partial charge < -0.3 is 4.57 Å². The SMILES string of the molecule is Cc1ccc(/C=C/c2nnc(-c3nccn3C)n2Cc2nccs2)cc1C(F)(F)F. The molecule has 4 rings (SSSR count). The first-order chi connectivity index (χ1) is 14.3. The number of nitrogens with zero attached hydrogens (tertiary/aromatic N) is 6. The zero-order chi connectivity index (χ0) is 21.3. The molecule has 0 radical (unpaired) electrons. The van der Waals surface area contributed by atoms with Gasteiger partial charge in [0.25, 0.3) is 0 Å². The van der Waals surface area contributed by atoms with Crippen molar-refractivity contribution >= 4 is 23.5 Å². The molecule has 3 heterocycles. The highest BCUT2D eigenvalue weighted by molar-refractivity contribution is 7.09. The lowest BCUT2D eigenvalue weighted by molar-refractivity contribution is -0.138. The van der Waals surface area contributed by atoms with E-state index in [4.69, 9.17) is 0 Å². The Hall–Kier alpha value is -3.27. The smallest absolute Gasteiger partial charge is 0.331 e. The fourth-order valence-electron chi connectivity index (χ4n) is 3.03. The molecule has 0 saturated heterocycles. The van der Waals surface area contributed by atoms with Gasteiger partial charge in [-0.1, -0.05) is 18.2 Å². The molecule has 0 aliphatic heterocycles. The summed E-state index contributed by atoms with van der Waals surface area (Å²) in [6, 6.07) is 4.23. The van der Waals surface area contributed by atoms with E-state index in [2.05, 4.69) is 20.2 Å². The van der Waals surface area contributed by atoms with E-state index in [1.165, 1.54) is 24.3 Å². The maximum atomic E-state index is 13.2. The highest BCUT2D eigenvalue weighted by Crippen LogP contribution is 2.32. The Labute approximate surface area is 174 Å². The molecule has 4 aromatic rings. The van der Waals surface area contributed by atoms with Crippen LogP contribution in [0, 0.1) is 6.92 Å². The number of aryl methyl sites for hydroxylation is 2.